The molecule has 26 heavy (non-hydrogen) atoms. The molecule has 0 aliphatic rings. The third-order valence-corrected chi connectivity index (χ3v) is 4.19. The number of carbonyl (C=O) groups is 1. The highest BCUT2D eigenvalue weighted by Gasteiger charge is 2.24. The molecule has 0 atom stereocenters. The maximum absolute atomic E-state index is 12.8. The molecule has 0 spiro atoms. The van der Waals surface area contributed by atoms with E-state index in [-0.39, 0.29) is 24.1 Å². The molecule has 2 N–H and O–H groups in total. The molecule has 3 aromatic carbocycles. The summed E-state index contributed by atoms with van der Waals surface area (Å²) in [7, 11) is 0. The zero-order valence-electron chi connectivity index (χ0n) is 14.4. The van der Waals surface area contributed by atoms with Crippen LogP contribution in [0.5, 0.6) is 11.5 Å². The Kier molecular flexibility index (Phi) is 5.23. The average molecular weight is 348 g/mol. The molecule has 4 nitrogen and oxygen atoms in total. The van der Waals surface area contributed by atoms with Gasteiger partial charge in [-0.25, -0.2) is 0 Å². The Morgan fingerprint density at radius 3 is 1.73 bits per heavy atom. The van der Waals surface area contributed by atoms with E-state index in [4.69, 9.17) is 4.74 Å². The largest absolute Gasteiger partial charge is 0.508 e. The molecule has 0 aliphatic carbocycles. The molecule has 0 bridgehead atoms. The van der Waals surface area contributed by atoms with Gasteiger partial charge in [-0.2, -0.15) is 0 Å². The van der Waals surface area contributed by atoms with Crippen LogP contribution in [0.1, 0.15) is 28.2 Å². The number of phenolic OH excluding ortho intramolecular Hbond substituents is 2. The van der Waals surface area contributed by atoms with Crippen LogP contribution in [-0.2, 0) is 16.1 Å². The quantitative estimate of drug-likeness (QED) is 0.675. The molecule has 0 amide bonds. The monoisotopic (exact) mass is 348 g/mol. The summed E-state index contributed by atoms with van der Waals surface area (Å²) in [5.74, 6) is -0.763. The summed E-state index contributed by atoms with van der Waals surface area (Å²) >= 11 is 0. The van der Waals surface area contributed by atoms with E-state index in [1.807, 2.05) is 31.2 Å². The van der Waals surface area contributed by atoms with E-state index in [1.54, 1.807) is 24.3 Å². The maximum Gasteiger partial charge on any atom is 0.318 e. The van der Waals surface area contributed by atoms with Crippen molar-refractivity contribution >= 4 is 5.97 Å². The van der Waals surface area contributed by atoms with Crippen molar-refractivity contribution in [2.45, 2.75) is 19.4 Å². The highest BCUT2D eigenvalue weighted by molar-refractivity contribution is 5.82. The Morgan fingerprint density at radius 2 is 1.27 bits per heavy atom. The molecule has 3 rings (SSSR count). The van der Waals surface area contributed by atoms with E-state index in [0.717, 1.165) is 11.1 Å². The Bertz CT molecular complexity index is 820. The Morgan fingerprint density at radius 1 is 0.808 bits per heavy atom. The van der Waals surface area contributed by atoms with Crippen molar-refractivity contribution in [2.24, 2.45) is 0 Å². The first-order valence-electron chi connectivity index (χ1n) is 8.33. The molecule has 0 unspecified atom stereocenters. The Balaban J connectivity index is 1.84. The Labute approximate surface area is 152 Å². The van der Waals surface area contributed by atoms with Crippen LogP contribution in [0.3, 0.4) is 0 Å². The van der Waals surface area contributed by atoms with Gasteiger partial charge in [0.2, 0.25) is 0 Å². The normalized spacial score (nSPS) is 10.7. The number of aromatic hydroxyl groups is 2. The van der Waals surface area contributed by atoms with E-state index < -0.39 is 5.92 Å². The fraction of sp³-hybridized carbons (Fsp3) is 0.136. The lowest BCUT2D eigenvalue weighted by Crippen LogP contribution is -2.17. The summed E-state index contributed by atoms with van der Waals surface area (Å²) in [6.07, 6.45) is 0. The number of aryl methyl sites for hydroxylation is 1. The lowest BCUT2D eigenvalue weighted by atomic mass is 9.91. The lowest BCUT2D eigenvalue weighted by molar-refractivity contribution is -0.145. The number of hydrogen-bond donors (Lipinski definition) is 2. The molecule has 0 aliphatic heterocycles. The van der Waals surface area contributed by atoms with Crippen molar-refractivity contribution in [3.05, 3.63) is 95.1 Å². The van der Waals surface area contributed by atoms with Gasteiger partial charge in [0.1, 0.15) is 24.0 Å². The van der Waals surface area contributed by atoms with E-state index in [2.05, 4.69) is 0 Å². The molecule has 4 heteroatoms. The SMILES string of the molecule is Cc1ccc(COC(=O)C(c2ccc(O)cc2)c2ccc(O)cc2)cc1. The van der Waals surface area contributed by atoms with Gasteiger partial charge in [-0.3, -0.25) is 4.79 Å². The summed E-state index contributed by atoms with van der Waals surface area (Å²) in [6, 6.07) is 20.7. The summed E-state index contributed by atoms with van der Waals surface area (Å²) < 4.78 is 5.54. The summed E-state index contributed by atoms with van der Waals surface area (Å²) in [6.45, 7) is 2.19. The first-order chi connectivity index (χ1) is 12.5. The molecule has 3 aromatic rings. The second kappa shape index (κ2) is 7.74. The predicted octanol–water partition coefficient (Wildman–Crippen LogP) is 4.28. The fourth-order valence-electron chi connectivity index (χ4n) is 2.72. The first kappa shape index (κ1) is 17.5. The average Bonchev–Trinajstić information content (AvgIpc) is 2.64. The van der Waals surface area contributed by atoms with Crippen LogP contribution in [0.15, 0.2) is 72.8 Å². The smallest absolute Gasteiger partial charge is 0.318 e. The molecule has 0 saturated carbocycles. The van der Waals surface area contributed by atoms with Gasteiger partial charge in [-0.05, 0) is 47.9 Å². The van der Waals surface area contributed by atoms with Gasteiger partial charge in [-0.1, -0.05) is 54.1 Å². The Hall–Kier alpha value is -3.27. The molecule has 0 heterocycles. The van der Waals surface area contributed by atoms with E-state index in [9.17, 15) is 15.0 Å². The van der Waals surface area contributed by atoms with E-state index in [1.165, 1.54) is 24.3 Å². The fourth-order valence-corrected chi connectivity index (χ4v) is 2.72. The van der Waals surface area contributed by atoms with E-state index in [0.29, 0.717) is 11.1 Å². The van der Waals surface area contributed by atoms with Gasteiger partial charge in [0.05, 0.1) is 0 Å². The summed E-state index contributed by atoms with van der Waals surface area (Å²) in [5.41, 5.74) is 3.48. The number of hydrogen-bond acceptors (Lipinski definition) is 4. The van der Waals surface area contributed by atoms with Crippen molar-refractivity contribution < 1.29 is 19.7 Å². The minimum atomic E-state index is -0.637. The molecular formula is C22H20O4. The summed E-state index contributed by atoms with van der Waals surface area (Å²) in [5, 5.41) is 19.0. The van der Waals surface area contributed by atoms with E-state index >= 15 is 0 Å². The van der Waals surface area contributed by atoms with Gasteiger partial charge >= 0.3 is 5.97 Å². The third-order valence-electron chi connectivity index (χ3n) is 4.19. The molecule has 132 valence electrons. The molecule has 0 saturated heterocycles. The van der Waals surface area contributed by atoms with Gasteiger partial charge in [0.25, 0.3) is 0 Å². The van der Waals surface area contributed by atoms with Crippen LogP contribution in [0.25, 0.3) is 0 Å². The highest BCUT2D eigenvalue weighted by Crippen LogP contribution is 2.29. The molecule has 0 aromatic heterocycles. The van der Waals surface area contributed by atoms with Crippen LogP contribution in [0, 0.1) is 6.92 Å². The minimum Gasteiger partial charge on any atom is -0.508 e. The zero-order chi connectivity index (χ0) is 18.5. The number of phenols is 2. The maximum atomic E-state index is 12.8. The predicted molar refractivity (Wildman–Crippen MR) is 99.0 cm³/mol. The van der Waals surface area contributed by atoms with Crippen molar-refractivity contribution in [1.82, 2.24) is 0 Å². The first-order valence-corrected chi connectivity index (χ1v) is 8.33. The van der Waals surface area contributed by atoms with Crippen LogP contribution in [-0.4, -0.2) is 16.2 Å². The number of rotatable bonds is 5. The summed E-state index contributed by atoms with van der Waals surface area (Å²) in [4.78, 5) is 12.8. The number of esters is 1. The number of benzene rings is 3. The second-order valence-corrected chi connectivity index (χ2v) is 6.21. The van der Waals surface area contributed by atoms with Crippen LogP contribution >= 0.6 is 0 Å². The lowest BCUT2D eigenvalue weighted by Gasteiger charge is -2.17. The van der Waals surface area contributed by atoms with Crippen LogP contribution < -0.4 is 0 Å². The van der Waals surface area contributed by atoms with Crippen molar-refractivity contribution in [1.29, 1.82) is 0 Å². The van der Waals surface area contributed by atoms with Gasteiger partial charge < -0.3 is 14.9 Å². The van der Waals surface area contributed by atoms with Gasteiger partial charge in [0, 0.05) is 0 Å². The molecule has 0 fully saturated rings. The van der Waals surface area contributed by atoms with Crippen molar-refractivity contribution in [3.8, 4) is 11.5 Å². The van der Waals surface area contributed by atoms with Gasteiger partial charge in [-0.15, -0.1) is 0 Å². The zero-order valence-corrected chi connectivity index (χ0v) is 14.4. The second-order valence-electron chi connectivity index (χ2n) is 6.21. The number of carbonyl (C=O) groups excluding carboxylic acids is 1. The van der Waals surface area contributed by atoms with Crippen molar-refractivity contribution in [3.63, 3.8) is 0 Å². The number of ether oxygens (including phenoxy) is 1. The molecule has 0 radical (unpaired) electrons. The van der Waals surface area contributed by atoms with Crippen LogP contribution in [0.2, 0.25) is 0 Å². The van der Waals surface area contributed by atoms with Gasteiger partial charge in [0.15, 0.2) is 0 Å². The van der Waals surface area contributed by atoms with Crippen molar-refractivity contribution in [2.75, 3.05) is 0 Å². The standard InChI is InChI=1S/C22H20O4/c1-15-2-4-16(5-3-15)14-26-22(25)21(17-6-10-19(23)11-7-17)18-8-12-20(24)13-9-18/h2-13,21,23-24H,14H2,1H3. The molecular weight excluding hydrogens is 328 g/mol. The minimum absolute atomic E-state index is 0.131. The topological polar surface area (TPSA) is 66.8 Å². The third kappa shape index (κ3) is 4.22. The highest BCUT2D eigenvalue weighted by atomic mass is 16.5. The van der Waals surface area contributed by atoms with Crippen LogP contribution in [0.4, 0.5) is 0 Å².